The van der Waals surface area contributed by atoms with Gasteiger partial charge in [0.15, 0.2) is 0 Å². The van der Waals surface area contributed by atoms with E-state index in [2.05, 4.69) is 25.9 Å². The van der Waals surface area contributed by atoms with Crippen molar-refractivity contribution >= 4 is 11.6 Å². The number of carbonyl (C=O) groups is 1. The predicted molar refractivity (Wildman–Crippen MR) is 87.4 cm³/mol. The van der Waals surface area contributed by atoms with Crippen LogP contribution in [-0.4, -0.2) is 36.2 Å². The Morgan fingerprint density at radius 3 is 2.43 bits per heavy atom. The summed E-state index contributed by atoms with van der Waals surface area (Å²) in [6, 6.07) is 0. The van der Waals surface area contributed by atoms with Gasteiger partial charge >= 0.3 is 0 Å². The Morgan fingerprint density at radius 2 is 1.81 bits per heavy atom. The van der Waals surface area contributed by atoms with Gasteiger partial charge in [-0.15, -0.1) is 0 Å². The number of hydrogen-bond acceptors (Lipinski definition) is 3. The zero-order chi connectivity index (χ0) is 15.5. The zero-order valence-electron chi connectivity index (χ0n) is 14.1. The lowest BCUT2D eigenvalue weighted by Gasteiger charge is -2.30. The molecule has 0 aromatic heterocycles. The van der Waals surface area contributed by atoms with Crippen LogP contribution in [0.3, 0.4) is 0 Å². The predicted octanol–water partition coefficient (Wildman–Crippen LogP) is 4.00. The standard InChI is InChI=1S/C17H32N2O2/c1-4-16(5-2)18-21-14-8-6-7-9-17(20)19-12-10-15(3)11-13-19/h15H,4-14H2,1-3H3. The van der Waals surface area contributed by atoms with Crippen LogP contribution in [0.5, 0.6) is 0 Å². The first-order valence-electron chi connectivity index (χ1n) is 8.62. The van der Waals surface area contributed by atoms with E-state index in [0.29, 0.717) is 18.9 Å². The number of unbranched alkanes of at least 4 members (excludes halogenated alkanes) is 2. The van der Waals surface area contributed by atoms with Gasteiger partial charge < -0.3 is 9.74 Å². The molecule has 1 fully saturated rings. The molecule has 1 heterocycles. The second-order valence-electron chi connectivity index (χ2n) is 6.07. The topological polar surface area (TPSA) is 41.9 Å². The minimum atomic E-state index is 0.333. The molecule has 122 valence electrons. The molecule has 0 atom stereocenters. The van der Waals surface area contributed by atoms with Crippen molar-refractivity contribution in [3.05, 3.63) is 0 Å². The van der Waals surface area contributed by atoms with Crippen LogP contribution >= 0.6 is 0 Å². The summed E-state index contributed by atoms with van der Waals surface area (Å²) in [5.74, 6) is 1.11. The molecule has 4 nitrogen and oxygen atoms in total. The van der Waals surface area contributed by atoms with E-state index in [9.17, 15) is 4.79 Å². The molecule has 0 bridgehead atoms. The molecule has 0 aromatic rings. The van der Waals surface area contributed by atoms with E-state index in [1.807, 2.05) is 4.90 Å². The van der Waals surface area contributed by atoms with Crippen LogP contribution in [0.4, 0.5) is 0 Å². The summed E-state index contributed by atoms with van der Waals surface area (Å²) in [4.78, 5) is 19.4. The summed E-state index contributed by atoms with van der Waals surface area (Å²) in [5.41, 5.74) is 1.12. The number of carbonyl (C=O) groups excluding carboxylic acids is 1. The largest absolute Gasteiger partial charge is 0.396 e. The number of likely N-dealkylation sites (tertiary alicyclic amines) is 1. The van der Waals surface area contributed by atoms with E-state index in [1.54, 1.807) is 0 Å². The van der Waals surface area contributed by atoms with E-state index in [-0.39, 0.29) is 0 Å². The Hall–Kier alpha value is -1.06. The lowest BCUT2D eigenvalue weighted by atomic mass is 9.99. The second-order valence-corrected chi connectivity index (χ2v) is 6.07. The van der Waals surface area contributed by atoms with Crippen molar-refractivity contribution in [3.63, 3.8) is 0 Å². The summed E-state index contributed by atoms with van der Waals surface area (Å²) in [7, 11) is 0. The first kappa shape index (κ1) is 18.0. The minimum Gasteiger partial charge on any atom is -0.396 e. The molecule has 0 saturated carbocycles. The van der Waals surface area contributed by atoms with Crippen molar-refractivity contribution in [2.45, 2.75) is 72.1 Å². The van der Waals surface area contributed by atoms with Crippen LogP contribution in [-0.2, 0) is 9.63 Å². The third-order valence-corrected chi connectivity index (χ3v) is 4.27. The van der Waals surface area contributed by atoms with Gasteiger partial charge in [-0.1, -0.05) is 25.9 Å². The van der Waals surface area contributed by atoms with Crippen molar-refractivity contribution in [2.75, 3.05) is 19.7 Å². The molecular formula is C17H32N2O2. The lowest BCUT2D eigenvalue weighted by molar-refractivity contribution is -0.132. The van der Waals surface area contributed by atoms with Gasteiger partial charge in [0.05, 0.1) is 5.71 Å². The first-order chi connectivity index (χ1) is 10.2. The molecule has 0 radical (unpaired) electrons. The Bertz CT molecular complexity index is 315. The van der Waals surface area contributed by atoms with E-state index < -0.39 is 0 Å². The molecule has 21 heavy (non-hydrogen) atoms. The molecular weight excluding hydrogens is 264 g/mol. The number of rotatable bonds is 9. The maximum absolute atomic E-state index is 12.0. The Morgan fingerprint density at radius 1 is 1.14 bits per heavy atom. The SMILES string of the molecule is CCC(CC)=NOCCCCCC(=O)N1CCC(C)CC1. The zero-order valence-corrected chi connectivity index (χ0v) is 14.1. The normalized spacial score (nSPS) is 15.9. The highest BCUT2D eigenvalue weighted by atomic mass is 16.6. The number of nitrogens with zero attached hydrogens (tertiary/aromatic N) is 2. The van der Waals surface area contributed by atoms with Gasteiger partial charge in [-0.2, -0.15) is 0 Å². The van der Waals surface area contributed by atoms with Gasteiger partial charge in [0.2, 0.25) is 5.91 Å². The molecule has 1 saturated heterocycles. The first-order valence-corrected chi connectivity index (χ1v) is 8.62. The van der Waals surface area contributed by atoms with Crippen molar-refractivity contribution in [3.8, 4) is 0 Å². The monoisotopic (exact) mass is 296 g/mol. The maximum Gasteiger partial charge on any atom is 0.222 e. The minimum absolute atomic E-state index is 0.333. The fourth-order valence-electron chi connectivity index (χ4n) is 2.55. The van der Waals surface area contributed by atoms with Crippen molar-refractivity contribution < 1.29 is 9.63 Å². The van der Waals surface area contributed by atoms with Crippen LogP contribution in [0, 0.1) is 5.92 Å². The smallest absolute Gasteiger partial charge is 0.222 e. The fourth-order valence-corrected chi connectivity index (χ4v) is 2.55. The number of piperidine rings is 1. The second kappa shape index (κ2) is 10.6. The molecule has 0 N–H and O–H groups in total. The molecule has 1 rings (SSSR count). The highest BCUT2D eigenvalue weighted by Crippen LogP contribution is 2.17. The maximum atomic E-state index is 12.0. The van der Waals surface area contributed by atoms with E-state index >= 15 is 0 Å². The summed E-state index contributed by atoms with van der Waals surface area (Å²) in [6.45, 7) is 9.03. The van der Waals surface area contributed by atoms with Gasteiger partial charge in [-0.05, 0) is 50.9 Å². The third kappa shape index (κ3) is 7.49. The molecule has 0 aromatic carbocycles. The van der Waals surface area contributed by atoms with Gasteiger partial charge in [-0.3, -0.25) is 4.79 Å². The highest BCUT2D eigenvalue weighted by molar-refractivity contribution is 5.83. The average molecular weight is 296 g/mol. The van der Waals surface area contributed by atoms with Crippen molar-refractivity contribution in [2.24, 2.45) is 11.1 Å². The lowest BCUT2D eigenvalue weighted by Crippen LogP contribution is -2.37. The Kier molecular flexibility index (Phi) is 9.11. The Labute approximate surface area is 129 Å². The van der Waals surface area contributed by atoms with Crippen LogP contribution in [0.15, 0.2) is 5.16 Å². The van der Waals surface area contributed by atoms with Gasteiger partial charge in [0.25, 0.3) is 0 Å². The quantitative estimate of drug-likeness (QED) is 0.366. The van der Waals surface area contributed by atoms with Crippen LogP contribution < -0.4 is 0 Å². The summed E-state index contributed by atoms with van der Waals surface area (Å²) < 4.78 is 0. The van der Waals surface area contributed by atoms with E-state index in [0.717, 1.165) is 69.7 Å². The van der Waals surface area contributed by atoms with Crippen molar-refractivity contribution in [1.82, 2.24) is 4.90 Å². The highest BCUT2D eigenvalue weighted by Gasteiger charge is 2.19. The van der Waals surface area contributed by atoms with Gasteiger partial charge in [0, 0.05) is 19.5 Å². The number of amides is 1. The van der Waals surface area contributed by atoms with Crippen LogP contribution in [0.2, 0.25) is 0 Å². The molecule has 0 aliphatic carbocycles. The van der Waals surface area contributed by atoms with Crippen LogP contribution in [0.25, 0.3) is 0 Å². The molecule has 1 aliphatic heterocycles. The molecule has 1 aliphatic rings. The van der Waals surface area contributed by atoms with Crippen LogP contribution in [0.1, 0.15) is 72.1 Å². The van der Waals surface area contributed by atoms with Crippen molar-refractivity contribution in [1.29, 1.82) is 0 Å². The molecule has 4 heteroatoms. The summed E-state index contributed by atoms with van der Waals surface area (Å²) in [6.07, 6.45) is 7.91. The molecule has 0 unspecified atom stereocenters. The Balaban J connectivity index is 2.01. The van der Waals surface area contributed by atoms with Gasteiger partial charge in [0.1, 0.15) is 6.61 Å². The number of hydrogen-bond donors (Lipinski definition) is 0. The fraction of sp³-hybridized carbons (Fsp3) is 0.882. The summed E-state index contributed by atoms with van der Waals surface area (Å²) >= 11 is 0. The average Bonchev–Trinajstić information content (AvgIpc) is 2.50. The number of oxime groups is 1. The van der Waals surface area contributed by atoms with E-state index in [1.165, 1.54) is 0 Å². The summed E-state index contributed by atoms with van der Waals surface area (Å²) in [5, 5.41) is 4.12. The molecule has 0 spiro atoms. The third-order valence-electron chi connectivity index (χ3n) is 4.27. The van der Waals surface area contributed by atoms with E-state index in [4.69, 9.17) is 4.84 Å². The van der Waals surface area contributed by atoms with Gasteiger partial charge in [-0.25, -0.2) is 0 Å². The molecule has 1 amide bonds.